The van der Waals surface area contributed by atoms with Crippen LogP contribution in [0.3, 0.4) is 0 Å². The predicted molar refractivity (Wildman–Crippen MR) is 72.2 cm³/mol. The van der Waals surface area contributed by atoms with Gasteiger partial charge in [-0.05, 0) is 45.4 Å². The second kappa shape index (κ2) is 5.59. The third kappa shape index (κ3) is 4.50. The molecule has 1 N–H and O–H groups in total. The van der Waals surface area contributed by atoms with Crippen LogP contribution in [0, 0.1) is 12.3 Å². The molecule has 3 nitrogen and oxygen atoms in total. The lowest BCUT2D eigenvalue weighted by Gasteiger charge is -2.22. The summed E-state index contributed by atoms with van der Waals surface area (Å²) >= 11 is 0. The molecule has 18 heavy (non-hydrogen) atoms. The molecular formula is C15H19NO2. The average molecular weight is 245 g/mol. The van der Waals surface area contributed by atoms with Crippen molar-refractivity contribution in [3.05, 3.63) is 35.4 Å². The van der Waals surface area contributed by atoms with E-state index in [1.165, 1.54) is 0 Å². The molecule has 0 aliphatic rings. The first kappa shape index (κ1) is 14.1. The van der Waals surface area contributed by atoms with Gasteiger partial charge in [-0.25, -0.2) is 4.79 Å². The molecule has 0 heterocycles. The zero-order valence-corrected chi connectivity index (χ0v) is 11.3. The molecule has 0 aliphatic heterocycles. The van der Waals surface area contributed by atoms with Crippen molar-refractivity contribution in [1.82, 2.24) is 5.32 Å². The Kier molecular flexibility index (Phi) is 4.38. The van der Waals surface area contributed by atoms with Crippen molar-refractivity contribution in [3.8, 4) is 12.3 Å². The molecule has 0 bridgehead atoms. The van der Waals surface area contributed by atoms with Gasteiger partial charge in [0.1, 0.15) is 5.60 Å². The number of hydrogen-bond acceptors (Lipinski definition) is 2. The summed E-state index contributed by atoms with van der Waals surface area (Å²) in [4.78, 5) is 11.6. The third-order valence-electron chi connectivity index (χ3n) is 2.31. The van der Waals surface area contributed by atoms with Crippen molar-refractivity contribution >= 4 is 6.09 Å². The van der Waals surface area contributed by atoms with Gasteiger partial charge in [-0.1, -0.05) is 18.1 Å². The van der Waals surface area contributed by atoms with Crippen LogP contribution in [0.5, 0.6) is 0 Å². The molecule has 3 heteroatoms. The van der Waals surface area contributed by atoms with Crippen LogP contribution in [0.1, 0.15) is 44.9 Å². The molecule has 96 valence electrons. The van der Waals surface area contributed by atoms with E-state index in [2.05, 4.69) is 11.2 Å². The van der Waals surface area contributed by atoms with Crippen LogP contribution in [-0.2, 0) is 4.74 Å². The Balaban J connectivity index is 2.62. The minimum Gasteiger partial charge on any atom is -0.444 e. The topological polar surface area (TPSA) is 38.3 Å². The number of alkyl carbamates (subject to hydrolysis) is 1. The number of benzene rings is 1. The van der Waals surface area contributed by atoms with Gasteiger partial charge in [0.15, 0.2) is 0 Å². The lowest BCUT2D eigenvalue weighted by molar-refractivity contribution is 0.0508. The SMILES string of the molecule is C#Cc1ccc([C@H](C)NC(=O)OC(C)(C)C)cc1. The first-order valence-corrected chi connectivity index (χ1v) is 5.88. The molecule has 0 unspecified atom stereocenters. The average Bonchev–Trinajstić information content (AvgIpc) is 2.26. The van der Waals surface area contributed by atoms with E-state index in [4.69, 9.17) is 11.2 Å². The highest BCUT2D eigenvalue weighted by Crippen LogP contribution is 2.14. The van der Waals surface area contributed by atoms with E-state index in [9.17, 15) is 4.79 Å². The first-order chi connectivity index (χ1) is 8.31. The van der Waals surface area contributed by atoms with Crippen molar-refractivity contribution in [2.75, 3.05) is 0 Å². The number of carbonyl (C=O) groups excluding carboxylic acids is 1. The van der Waals surface area contributed by atoms with Crippen LogP contribution >= 0.6 is 0 Å². The van der Waals surface area contributed by atoms with Crippen LogP contribution in [0.25, 0.3) is 0 Å². The van der Waals surface area contributed by atoms with E-state index < -0.39 is 11.7 Å². The fraction of sp³-hybridized carbons (Fsp3) is 0.400. The predicted octanol–water partition coefficient (Wildman–Crippen LogP) is 3.25. The zero-order valence-electron chi connectivity index (χ0n) is 11.3. The number of ether oxygens (including phenoxy) is 1. The van der Waals surface area contributed by atoms with E-state index in [0.717, 1.165) is 11.1 Å². The Bertz CT molecular complexity index is 449. The molecule has 0 saturated heterocycles. The van der Waals surface area contributed by atoms with E-state index >= 15 is 0 Å². The molecule has 0 aromatic heterocycles. The van der Waals surface area contributed by atoms with Crippen molar-refractivity contribution in [1.29, 1.82) is 0 Å². The van der Waals surface area contributed by atoms with E-state index in [1.807, 2.05) is 52.0 Å². The Hall–Kier alpha value is -1.95. The van der Waals surface area contributed by atoms with E-state index in [1.54, 1.807) is 0 Å². The van der Waals surface area contributed by atoms with Gasteiger partial charge in [-0.15, -0.1) is 6.42 Å². The summed E-state index contributed by atoms with van der Waals surface area (Å²) in [5.74, 6) is 2.55. The van der Waals surface area contributed by atoms with Crippen molar-refractivity contribution in [3.63, 3.8) is 0 Å². The Morgan fingerprint density at radius 1 is 1.33 bits per heavy atom. The van der Waals surface area contributed by atoms with E-state index in [-0.39, 0.29) is 6.04 Å². The maximum Gasteiger partial charge on any atom is 0.408 e. The van der Waals surface area contributed by atoms with Crippen LogP contribution in [0.15, 0.2) is 24.3 Å². The molecule has 0 fully saturated rings. The maximum atomic E-state index is 11.6. The molecular weight excluding hydrogens is 226 g/mol. The Labute approximate surface area is 109 Å². The van der Waals surface area contributed by atoms with Crippen molar-refractivity contribution in [2.24, 2.45) is 0 Å². The number of nitrogens with one attached hydrogen (secondary N) is 1. The quantitative estimate of drug-likeness (QED) is 0.812. The van der Waals surface area contributed by atoms with Crippen molar-refractivity contribution in [2.45, 2.75) is 39.3 Å². The zero-order chi connectivity index (χ0) is 13.8. The highest BCUT2D eigenvalue weighted by molar-refractivity contribution is 5.68. The van der Waals surface area contributed by atoms with Gasteiger partial charge in [0.25, 0.3) is 0 Å². The van der Waals surface area contributed by atoms with Crippen LogP contribution in [0.4, 0.5) is 4.79 Å². The molecule has 1 atom stereocenters. The molecule has 1 aromatic carbocycles. The summed E-state index contributed by atoms with van der Waals surface area (Å²) in [6, 6.07) is 7.38. The number of hydrogen-bond donors (Lipinski definition) is 1. The van der Waals surface area contributed by atoms with Gasteiger partial charge in [0.2, 0.25) is 0 Å². The third-order valence-corrected chi connectivity index (χ3v) is 2.31. The monoisotopic (exact) mass is 245 g/mol. The van der Waals surface area contributed by atoms with Crippen LogP contribution in [0.2, 0.25) is 0 Å². The lowest BCUT2D eigenvalue weighted by atomic mass is 10.1. The molecule has 0 saturated carbocycles. The van der Waals surface area contributed by atoms with E-state index in [0.29, 0.717) is 0 Å². The van der Waals surface area contributed by atoms with Gasteiger partial charge in [-0.2, -0.15) is 0 Å². The molecule has 0 spiro atoms. The molecule has 1 aromatic rings. The maximum absolute atomic E-state index is 11.6. The lowest BCUT2D eigenvalue weighted by Crippen LogP contribution is -2.34. The Morgan fingerprint density at radius 2 is 1.89 bits per heavy atom. The summed E-state index contributed by atoms with van der Waals surface area (Å²) in [6.07, 6.45) is 4.87. The summed E-state index contributed by atoms with van der Waals surface area (Å²) < 4.78 is 5.19. The van der Waals surface area contributed by atoms with Gasteiger partial charge >= 0.3 is 6.09 Å². The van der Waals surface area contributed by atoms with Gasteiger partial charge < -0.3 is 10.1 Å². The molecule has 0 aliphatic carbocycles. The Morgan fingerprint density at radius 3 is 2.33 bits per heavy atom. The minimum absolute atomic E-state index is 0.119. The molecule has 1 amide bonds. The summed E-state index contributed by atoms with van der Waals surface area (Å²) in [5.41, 5.74) is 1.32. The number of carbonyl (C=O) groups is 1. The fourth-order valence-corrected chi connectivity index (χ4v) is 1.44. The fourth-order valence-electron chi connectivity index (χ4n) is 1.44. The van der Waals surface area contributed by atoms with Gasteiger partial charge in [-0.3, -0.25) is 0 Å². The number of rotatable bonds is 2. The smallest absolute Gasteiger partial charge is 0.408 e. The van der Waals surface area contributed by atoms with Crippen LogP contribution in [-0.4, -0.2) is 11.7 Å². The molecule has 0 radical (unpaired) electrons. The van der Waals surface area contributed by atoms with Gasteiger partial charge in [0, 0.05) is 5.56 Å². The van der Waals surface area contributed by atoms with Crippen molar-refractivity contribution < 1.29 is 9.53 Å². The van der Waals surface area contributed by atoms with Gasteiger partial charge in [0.05, 0.1) is 6.04 Å². The summed E-state index contributed by atoms with van der Waals surface area (Å²) in [6.45, 7) is 7.39. The normalized spacial score (nSPS) is 12.4. The second-order valence-electron chi connectivity index (χ2n) is 5.13. The highest BCUT2D eigenvalue weighted by atomic mass is 16.6. The summed E-state index contributed by atoms with van der Waals surface area (Å²) in [5, 5.41) is 2.78. The largest absolute Gasteiger partial charge is 0.444 e. The highest BCUT2D eigenvalue weighted by Gasteiger charge is 2.18. The number of terminal acetylenes is 1. The standard InChI is InChI=1S/C15H19NO2/c1-6-12-7-9-13(10-8-12)11(2)16-14(17)18-15(3,4)5/h1,7-11H,2-5H3,(H,16,17)/t11-/m0/s1. The molecule has 1 rings (SSSR count). The number of amides is 1. The minimum atomic E-state index is -0.489. The second-order valence-corrected chi connectivity index (χ2v) is 5.13. The van der Waals surface area contributed by atoms with Crippen LogP contribution < -0.4 is 5.32 Å². The summed E-state index contributed by atoms with van der Waals surface area (Å²) in [7, 11) is 0. The first-order valence-electron chi connectivity index (χ1n) is 5.88.